The Morgan fingerprint density at radius 2 is 2.25 bits per heavy atom. The van der Waals surface area contributed by atoms with Crippen molar-refractivity contribution in [1.29, 1.82) is 0 Å². The maximum Gasteiger partial charge on any atom is 0.307 e. The number of hydrogen-bond donors (Lipinski definition) is 2. The van der Waals surface area contributed by atoms with E-state index in [1.807, 2.05) is 0 Å². The second kappa shape index (κ2) is 5.79. The van der Waals surface area contributed by atoms with Crippen LogP contribution in [-0.4, -0.2) is 29.9 Å². The van der Waals surface area contributed by atoms with Gasteiger partial charge in [-0.3, -0.25) is 4.79 Å². The number of aliphatic hydroxyl groups is 1. The molecule has 0 radical (unpaired) electrons. The van der Waals surface area contributed by atoms with Crippen molar-refractivity contribution in [3.05, 3.63) is 29.3 Å². The minimum Gasteiger partial charge on any atom is -0.497 e. The SMILES string of the molecule is COc1ccc(CC(=O)O)c(C#CCO)c1. The van der Waals surface area contributed by atoms with Crippen LogP contribution in [0.25, 0.3) is 0 Å². The highest BCUT2D eigenvalue weighted by molar-refractivity contribution is 5.71. The molecule has 0 heterocycles. The average Bonchev–Trinajstić information content (AvgIpc) is 2.27. The standard InChI is InChI=1S/C12H12O4/c1-16-11-5-4-10(8-12(14)15)9(7-11)3-2-6-13/h4-5,7,13H,6,8H2,1H3,(H,14,15). The Bertz CT molecular complexity index is 440. The van der Waals surface area contributed by atoms with Crippen LogP contribution in [0.2, 0.25) is 0 Å². The summed E-state index contributed by atoms with van der Waals surface area (Å²) in [7, 11) is 1.52. The van der Waals surface area contributed by atoms with Gasteiger partial charge in [-0.25, -0.2) is 0 Å². The fraction of sp³-hybridized carbons (Fsp3) is 0.250. The summed E-state index contributed by atoms with van der Waals surface area (Å²) in [4.78, 5) is 10.6. The molecule has 2 N–H and O–H groups in total. The Balaban J connectivity index is 3.10. The zero-order chi connectivity index (χ0) is 12.0. The molecule has 1 aromatic rings. The van der Waals surface area contributed by atoms with Gasteiger partial charge in [0.15, 0.2) is 0 Å². The van der Waals surface area contributed by atoms with E-state index in [0.29, 0.717) is 16.9 Å². The summed E-state index contributed by atoms with van der Waals surface area (Å²) in [6.07, 6.45) is -0.0978. The number of methoxy groups -OCH3 is 1. The van der Waals surface area contributed by atoms with Gasteiger partial charge in [0, 0.05) is 5.56 Å². The smallest absolute Gasteiger partial charge is 0.307 e. The van der Waals surface area contributed by atoms with Gasteiger partial charge in [0.1, 0.15) is 12.4 Å². The molecule has 84 valence electrons. The van der Waals surface area contributed by atoms with E-state index in [-0.39, 0.29) is 13.0 Å². The molecule has 4 nitrogen and oxygen atoms in total. The van der Waals surface area contributed by atoms with E-state index in [0.717, 1.165) is 0 Å². The van der Waals surface area contributed by atoms with Crippen LogP contribution in [0, 0.1) is 11.8 Å². The summed E-state index contributed by atoms with van der Waals surface area (Å²) in [5.74, 6) is 4.87. The predicted molar refractivity (Wildman–Crippen MR) is 58.3 cm³/mol. The van der Waals surface area contributed by atoms with Gasteiger partial charge in [-0.2, -0.15) is 0 Å². The molecule has 0 bridgehead atoms. The van der Waals surface area contributed by atoms with Gasteiger partial charge in [0.25, 0.3) is 0 Å². The van der Waals surface area contributed by atoms with E-state index < -0.39 is 5.97 Å². The third-order valence-electron chi connectivity index (χ3n) is 1.96. The van der Waals surface area contributed by atoms with Gasteiger partial charge in [-0.05, 0) is 17.7 Å². The minimum absolute atomic E-state index is 0.0978. The maximum absolute atomic E-state index is 10.6. The van der Waals surface area contributed by atoms with Crippen LogP contribution < -0.4 is 4.74 Å². The number of carboxylic acid groups (broad SMARTS) is 1. The molecule has 0 aliphatic carbocycles. The van der Waals surface area contributed by atoms with Crippen LogP contribution in [0.4, 0.5) is 0 Å². The predicted octanol–water partition coefficient (Wildman–Crippen LogP) is 0.666. The number of carboxylic acids is 1. The molecule has 16 heavy (non-hydrogen) atoms. The number of benzene rings is 1. The lowest BCUT2D eigenvalue weighted by Crippen LogP contribution is -2.02. The third kappa shape index (κ3) is 3.30. The zero-order valence-electron chi connectivity index (χ0n) is 8.86. The van der Waals surface area contributed by atoms with Crippen molar-refractivity contribution < 1.29 is 19.7 Å². The summed E-state index contributed by atoms with van der Waals surface area (Å²) in [5, 5.41) is 17.3. The van der Waals surface area contributed by atoms with Crippen molar-refractivity contribution in [2.45, 2.75) is 6.42 Å². The Labute approximate surface area is 93.5 Å². The lowest BCUT2D eigenvalue weighted by atomic mass is 10.0. The van der Waals surface area contributed by atoms with Crippen molar-refractivity contribution in [2.75, 3.05) is 13.7 Å². The van der Waals surface area contributed by atoms with Crippen LogP contribution >= 0.6 is 0 Å². The van der Waals surface area contributed by atoms with Crippen molar-refractivity contribution in [2.24, 2.45) is 0 Å². The second-order valence-corrected chi connectivity index (χ2v) is 3.05. The quantitative estimate of drug-likeness (QED) is 0.734. The van der Waals surface area contributed by atoms with Crippen LogP contribution in [0.3, 0.4) is 0 Å². The van der Waals surface area contributed by atoms with Gasteiger partial charge in [0.2, 0.25) is 0 Å². The third-order valence-corrected chi connectivity index (χ3v) is 1.96. The molecular weight excluding hydrogens is 208 g/mol. The summed E-state index contributed by atoms with van der Waals surface area (Å²) in [5.41, 5.74) is 1.17. The van der Waals surface area contributed by atoms with E-state index in [1.54, 1.807) is 18.2 Å². The number of aliphatic hydroxyl groups excluding tert-OH is 1. The molecule has 0 atom stereocenters. The largest absolute Gasteiger partial charge is 0.497 e. The first-order valence-electron chi connectivity index (χ1n) is 4.66. The van der Waals surface area contributed by atoms with E-state index >= 15 is 0 Å². The topological polar surface area (TPSA) is 66.8 Å². The van der Waals surface area contributed by atoms with Crippen molar-refractivity contribution in [1.82, 2.24) is 0 Å². The number of carbonyl (C=O) groups is 1. The summed E-state index contributed by atoms with van der Waals surface area (Å²) in [6.45, 7) is -0.260. The molecule has 0 fully saturated rings. The molecule has 0 spiro atoms. The molecule has 0 unspecified atom stereocenters. The molecule has 1 rings (SSSR count). The lowest BCUT2D eigenvalue weighted by Gasteiger charge is -2.04. The Hall–Kier alpha value is -1.99. The molecule has 1 aromatic carbocycles. The second-order valence-electron chi connectivity index (χ2n) is 3.05. The Kier molecular flexibility index (Phi) is 4.37. The molecular formula is C12H12O4. The molecule has 0 amide bonds. The van der Waals surface area contributed by atoms with Crippen LogP contribution in [0.15, 0.2) is 18.2 Å². The highest BCUT2D eigenvalue weighted by Gasteiger charge is 2.06. The van der Waals surface area contributed by atoms with Crippen molar-refractivity contribution in [3.8, 4) is 17.6 Å². The molecule has 0 aliphatic heterocycles. The fourth-order valence-electron chi connectivity index (χ4n) is 1.25. The van der Waals surface area contributed by atoms with E-state index in [9.17, 15) is 4.79 Å². The minimum atomic E-state index is -0.919. The van der Waals surface area contributed by atoms with E-state index in [4.69, 9.17) is 14.9 Å². The first kappa shape index (κ1) is 12.1. The van der Waals surface area contributed by atoms with Crippen molar-refractivity contribution >= 4 is 5.97 Å². The summed E-state index contributed by atoms with van der Waals surface area (Å²) < 4.78 is 5.02. The van der Waals surface area contributed by atoms with E-state index in [1.165, 1.54) is 7.11 Å². The van der Waals surface area contributed by atoms with Gasteiger partial charge in [-0.15, -0.1) is 0 Å². The number of aliphatic carboxylic acids is 1. The molecule has 4 heteroatoms. The first-order chi connectivity index (χ1) is 7.67. The summed E-state index contributed by atoms with van der Waals surface area (Å²) >= 11 is 0. The Morgan fingerprint density at radius 3 is 2.81 bits per heavy atom. The Morgan fingerprint density at radius 1 is 1.50 bits per heavy atom. The highest BCUT2D eigenvalue weighted by atomic mass is 16.5. The number of ether oxygens (including phenoxy) is 1. The van der Waals surface area contributed by atoms with Gasteiger partial charge >= 0.3 is 5.97 Å². The number of rotatable bonds is 3. The zero-order valence-corrected chi connectivity index (χ0v) is 8.86. The van der Waals surface area contributed by atoms with Crippen LogP contribution in [0.5, 0.6) is 5.75 Å². The molecule has 0 aliphatic rings. The maximum atomic E-state index is 10.6. The normalized spacial score (nSPS) is 9.12. The van der Waals surface area contributed by atoms with Crippen LogP contribution in [0.1, 0.15) is 11.1 Å². The average molecular weight is 220 g/mol. The molecule has 0 aromatic heterocycles. The summed E-state index contributed by atoms with van der Waals surface area (Å²) in [6, 6.07) is 5.00. The number of hydrogen-bond acceptors (Lipinski definition) is 3. The van der Waals surface area contributed by atoms with Gasteiger partial charge in [0.05, 0.1) is 13.5 Å². The highest BCUT2D eigenvalue weighted by Crippen LogP contribution is 2.17. The van der Waals surface area contributed by atoms with Gasteiger partial charge in [-0.1, -0.05) is 17.9 Å². The van der Waals surface area contributed by atoms with E-state index in [2.05, 4.69) is 11.8 Å². The van der Waals surface area contributed by atoms with Crippen LogP contribution in [-0.2, 0) is 11.2 Å². The van der Waals surface area contributed by atoms with Gasteiger partial charge < -0.3 is 14.9 Å². The molecule has 0 saturated carbocycles. The first-order valence-corrected chi connectivity index (χ1v) is 4.66. The molecule has 0 saturated heterocycles. The lowest BCUT2D eigenvalue weighted by molar-refractivity contribution is -0.136. The fourth-order valence-corrected chi connectivity index (χ4v) is 1.25. The monoisotopic (exact) mass is 220 g/mol. The van der Waals surface area contributed by atoms with Crippen molar-refractivity contribution in [3.63, 3.8) is 0 Å².